The van der Waals surface area contributed by atoms with Crippen molar-refractivity contribution in [2.24, 2.45) is 0 Å². The Morgan fingerprint density at radius 3 is 2.30 bits per heavy atom. The molecule has 112 valence electrons. The van der Waals surface area contributed by atoms with Gasteiger partial charge in [0, 0.05) is 5.69 Å². The minimum absolute atomic E-state index is 0.223. The normalized spacial score (nSPS) is 11.4. The Morgan fingerprint density at radius 1 is 1.25 bits per heavy atom. The Balaban J connectivity index is 2.54. The fourth-order valence-electron chi connectivity index (χ4n) is 1.68. The van der Waals surface area contributed by atoms with Crippen molar-refractivity contribution >= 4 is 43.3 Å². The highest BCUT2D eigenvalue weighted by Gasteiger charge is 2.17. The standard InChI is InChI=1S/C14H21Br2N2O2/c1-10(19)4-5-18(2,3)6-7-20-14-12(15)8-11(17)9-13(14)16/h8-9H,4-7,17H2,1-3H3/q+1. The third-order valence-electron chi connectivity index (χ3n) is 3.03. The maximum atomic E-state index is 11.0. The van der Waals surface area contributed by atoms with E-state index < -0.39 is 0 Å². The van der Waals surface area contributed by atoms with Crippen molar-refractivity contribution in [1.29, 1.82) is 0 Å². The number of ketones is 1. The van der Waals surface area contributed by atoms with Crippen LogP contribution in [0.15, 0.2) is 21.1 Å². The molecule has 0 fully saturated rings. The highest BCUT2D eigenvalue weighted by atomic mass is 79.9. The maximum absolute atomic E-state index is 11.0. The second kappa shape index (κ2) is 7.43. The monoisotopic (exact) mass is 407 g/mol. The molecule has 0 radical (unpaired) electrons. The van der Waals surface area contributed by atoms with Crippen LogP contribution in [-0.2, 0) is 4.79 Å². The Labute approximate surface area is 137 Å². The fourth-order valence-corrected chi connectivity index (χ4v) is 3.13. The molecule has 0 aromatic heterocycles. The van der Waals surface area contributed by atoms with Gasteiger partial charge < -0.3 is 15.0 Å². The average Bonchev–Trinajstić information content (AvgIpc) is 2.30. The molecule has 0 unspecified atom stereocenters. The molecule has 0 bridgehead atoms. The van der Waals surface area contributed by atoms with Crippen molar-refractivity contribution in [3.8, 4) is 5.75 Å². The summed E-state index contributed by atoms with van der Waals surface area (Å²) in [6.45, 7) is 3.85. The molecule has 4 nitrogen and oxygen atoms in total. The van der Waals surface area contributed by atoms with Crippen LogP contribution in [0.2, 0.25) is 0 Å². The van der Waals surface area contributed by atoms with Crippen molar-refractivity contribution in [3.63, 3.8) is 0 Å². The van der Waals surface area contributed by atoms with E-state index in [0.29, 0.717) is 18.7 Å². The molecular weight excluding hydrogens is 388 g/mol. The number of hydrogen-bond donors (Lipinski definition) is 1. The number of rotatable bonds is 7. The zero-order valence-corrected chi connectivity index (χ0v) is 15.3. The topological polar surface area (TPSA) is 52.3 Å². The second-order valence-electron chi connectivity index (χ2n) is 5.50. The summed E-state index contributed by atoms with van der Waals surface area (Å²) in [6, 6.07) is 3.63. The Morgan fingerprint density at radius 2 is 1.80 bits per heavy atom. The van der Waals surface area contributed by atoms with Gasteiger partial charge in [-0.25, -0.2) is 0 Å². The van der Waals surface area contributed by atoms with Crippen molar-refractivity contribution in [3.05, 3.63) is 21.1 Å². The zero-order chi connectivity index (χ0) is 15.3. The van der Waals surface area contributed by atoms with Crippen LogP contribution in [-0.4, -0.2) is 44.1 Å². The number of ether oxygens (including phenoxy) is 1. The van der Waals surface area contributed by atoms with Gasteiger partial charge >= 0.3 is 0 Å². The van der Waals surface area contributed by atoms with Crippen LogP contribution in [0.4, 0.5) is 5.69 Å². The van der Waals surface area contributed by atoms with Gasteiger partial charge in [-0.2, -0.15) is 0 Å². The molecule has 1 aromatic rings. The van der Waals surface area contributed by atoms with Crippen LogP contribution < -0.4 is 10.5 Å². The van der Waals surface area contributed by atoms with Gasteiger partial charge in [0.2, 0.25) is 0 Å². The molecule has 0 spiro atoms. The van der Waals surface area contributed by atoms with Crippen LogP contribution in [0.3, 0.4) is 0 Å². The summed E-state index contributed by atoms with van der Waals surface area (Å²) in [6.07, 6.45) is 0.599. The van der Waals surface area contributed by atoms with Gasteiger partial charge in [-0.1, -0.05) is 0 Å². The van der Waals surface area contributed by atoms with Gasteiger partial charge in [0.15, 0.2) is 0 Å². The summed E-state index contributed by atoms with van der Waals surface area (Å²) in [5.74, 6) is 0.979. The minimum Gasteiger partial charge on any atom is -0.485 e. The molecule has 0 aliphatic heterocycles. The van der Waals surface area contributed by atoms with E-state index in [4.69, 9.17) is 10.5 Å². The number of halogens is 2. The van der Waals surface area contributed by atoms with Crippen LogP contribution in [0, 0.1) is 0 Å². The fraction of sp³-hybridized carbons (Fsp3) is 0.500. The number of carbonyl (C=O) groups excluding carboxylic acids is 1. The molecule has 20 heavy (non-hydrogen) atoms. The van der Waals surface area contributed by atoms with Gasteiger partial charge in [0.05, 0.1) is 36.0 Å². The summed E-state index contributed by atoms with van der Waals surface area (Å²) >= 11 is 6.89. The molecular formula is C14H21Br2N2O2+. The highest BCUT2D eigenvalue weighted by molar-refractivity contribution is 9.11. The quantitative estimate of drug-likeness (QED) is 0.556. The Kier molecular flexibility index (Phi) is 6.48. The summed E-state index contributed by atoms with van der Waals surface area (Å²) in [4.78, 5) is 11.0. The summed E-state index contributed by atoms with van der Waals surface area (Å²) in [5, 5.41) is 0. The molecule has 1 rings (SSSR count). The van der Waals surface area contributed by atoms with E-state index >= 15 is 0 Å². The molecule has 0 saturated heterocycles. The molecule has 0 amide bonds. The van der Waals surface area contributed by atoms with Gasteiger partial charge in [-0.15, -0.1) is 0 Å². The van der Waals surface area contributed by atoms with E-state index in [0.717, 1.165) is 32.3 Å². The SMILES string of the molecule is CC(=O)CC[N+](C)(C)CCOc1c(Br)cc(N)cc1Br. The highest BCUT2D eigenvalue weighted by Crippen LogP contribution is 2.35. The van der Waals surface area contributed by atoms with E-state index in [9.17, 15) is 4.79 Å². The van der Waals surface area contributed by atoms with Gasteiger partial charge in [0.1, 0.15) is 24.7 Å². The third-order valence-corrected chi connectivity index (χ3v) is 4.21. The van der Waals surface area contributed by atoms with Gasteiger partial charge in [-0.3, -0.25) is 4.79 Å². The summed E-state index contributed by atoms with van der Waals surface area (Å²) < 4.78 is 8.23. The molecule has 0 heterocycles. The van der Waals surface area contributed by atoms with Crippen LogP contribution in [0.5, 0.6) is 5.75 Å². The Bertz CT molecular complexity index is 467. The lowest BCUT2D eigenvalue weighted by atomic mass is 10.3. The molecule has 6 heteroatoms. The van der Waals surface area contributed by atoms with Crippen molar-refractivity contribution < 1.29 is 14.0 Å². The lowest BCUT2D eigenvalue weighted by molar-refractivity contribution is -0.889. The second-order valence-corrected chi connectivity index (χ2v) is 7.21. The number of carbonyl (C=O) groups is 1. The summed E-state index contributed by atoms with van der Waals surface area (Å²) in [5.41, 5.74) is 6.42. The number of nitrogens with two attached hydrogens (primary N) is 1. The average molecular weight is 409 g/mol. The van der Waals surface area contributed by atoms with E-state index in [1.165, 1.54) is 0 Å². The first-order valence-electron chi connectivity index (χ1n) is 6.40. The maximum Gasteiger partial charge on any atom is 0.148 e. The van der Waals surface area contributed by atoms with Crippen molar-refractivity contribution in [2.75, 3.05) is 39.5 Å². The molecule has 0 aliphatic carbocycles. The van der Waals surface area contributed by atoms with Crippen molar-refractivity contribution in [1.82, 2.24) is 0 Å². The van der Waals surface area contributed by atoms with Crippen molar-refractivity contribution in [2.45, 2.75) is 13.3 Å². The molecule has 2 N–H and O–H groups in total. The van der Waals surface area contributed by atoms with Crippen LogP contribution in [0.25, 0.3) is 0 Å². The van der Waals surface area contributed by atoms with E-state index in [-0.39, 0.29) is 5.78 Å². The lowest BCUT2D eigenvalue weighted by Gasteiger charge is -2.29. The zero-order valence-electron chi connectivity index (χ0n) is 12.1. The summed E-state index contributed by atoms with van der Waals surface area (Å²) in [7, 11) is 4.19. The predicted octanol–water partition coefficient (Wildman–Crippen LogP) is 3.23. The number of nitrogen functional groups attached to an aromatic ring is 1. The number of nitrogens with zero attached hydrogens (tertiary/aromatic N) is 1. The number of benzene rings is 1. The Hall–Kier alpha value is -0.590. The van der Waals surface area contributed by atoms with Crippen LogP contribution in [0.1, 0.15) is 13.3 Å². The first-order chi connectivity index (χ1) is 9.21. The van der Waals surface area contributed by atoms with E-state index in [1.54, 1.807) is 6.92 Å². The molecule has 0 aliphatic rings. The molecule has 0 atom stereocenters. The number of hydrogen-bond acceptors (Lipinski definition) is 3. The van der Waals surface area contributed by atoms with Gasteiger partial charge in [0.25, 0.3) is 0 Å². The first kappa shape index (κ1) is 17.5. The minimum atomic E-state index is 0.223. The van der Waals surface area contributed by atoms with E-state index in [2.05, 4.69) is 46.0 Å². The molecule has 0 saturated carbocycles. The number of Topliss-reactive ketones (excluding diaryl/α,β-unsaturated/α-hetero) is 1. The molecule has 1 aromatic carbocycles. The predicted molar refractivity (Wildman–Crippen MR) is 88.9 cm³/mol. The lowest BCUT2D eigenvalue weighted by Crippen LogP contribution is -2.44. The number of likely N-dealkylation sites (N-methyl/N-ethyl adjacent to an activating group) is 1. The van der Waals surface area contributed by atoms with Gasteiger partial charge in [-0.05, 0) is 50.9 Å². The first-order valence-corrected chi connectivity index (χ1v) is 7.98. The van der Waals surface area contributed by atoms with Crippen LogP contribution >= 0.6 is 31.9 Å². The number of anilines is 1. The third kappa shape index (κ3) is 5.81. The smallest absolute Gasteiger partial charge is 0.148 e. The van der Waals surface area contributed by atoms with E-state index in [1.807, 2.05) is 12.1 Å². The number of quaternary nitrogens is 1. The largest absolute Gasteiger partial charge is 0.485 e.